The van der Waals surface area contributed by atoms with E-state index in [1.165, 1.54) is 10.9 Å². The van der Waals surface area contributed by atoms with Gasteiger partial charge in [0, 0.05) is 42.6 Å². The van der Waals surface area contributed by atoms with Crippen LogP contribution in [0.2, 0.25) is 0 Å². The van der Waals surface area contributed by atoms with Crippen molar-refractivity contribution < 1.29 is 4.74 Å². The van der Waals surface area contributed by atoms with Crippen molar-refractivity contribution in [1.29, 1.82) is 0 Å². The van der Waals surface area contributed by atoms with Gasteiger partial charge in [0.1, 0.15) is 6.10 Å². The summed E-state index contributed by atoms with van der Waals surface area (Å²) in [7, 11) is 0. The number of aromatic nitrogens is 4. The van der Waals surface area contributed by atoms with E-state index in [0.29, 0.717) is 12.6 Å². The number of anilines is 2. The van der Waals surface area contributed by atoms with E-state index in [2.05, 4.69) is 54.4 Å². The third-order valence-corrected chi connectivity index (χ3v) is 5.64. The van der Waals surface area contributed by atoms with Gasteiger partial charge >= 0.3 is 0 Å². The Morgan fingerprint density at radius 2 is 1.88 bits per heavy atom. The number of benzene rings is 1. The van der Waals surface area contributed by atoms with E-state index in [9.17, 15) is 0 Å². The zero-order chi connectivity index (χ0) is 21.9. The highest BCUT2D eigenvalue weighted by molar-refractivity contribution is 5.81. The van der Waals surface area contributed by atoms with Gasteiger partial charge in [-0.05, 0) is 49.7 Å². The molecule has 0 amide bonds. The predicted molar refractivity (Wildman–Crippen MR) is 125 cm³/mol. The van der Waals surface area contributed by atoms with Crippen molar-refractivity contribution in [2.24, 2.45) is 0 Å². The zero-order valence-corrected chi connectivity index (χ0v) is 18.3. The van der Waals surface area contributed by atoms with E-state index in [-0.39, 0.29) is 6.10 Å². The van der Waals surface area contributed by atoms with Crippen molar-refractivity contribution in [3.63, 3.8) is 0 Å². The van der Waals surface area contributed by atoms with Crippen LogP contribution in [0.5, 0.6) is 0 Å². The lowest BCUT2D eigenvalue weighted by Crippen LogP contribution is -2.38. The summed E-state index contributed by atoms with van der Waals surface area (Å²) in [4.78, 5) is 20.4. The van der Waals surface area contributed by atoms with Gasteiger partial charge in [-0.25, -0.2) is 9.97 Å². The molecule has 162 valence electrons. The summed E-state index contributed by atoms with van der Waals surface area (Å²) in [6.07, 6.45) is 3.65. The van der Waals surface area contributed by atoms with Crippen molar-refractivity contribution in [2.75, 3.05) is 25.0 Å². The molecule has 1 aliphatic heterocycles. The smallest absolute Gasteiger partial charge is 0.227 e. The average molecular weight is 427 g/mol. The Bertz CT molecular complexity index is 1200. The number of rotatable bonds is 5. The van der Waals surface area contributed by atoms with E-state index >= 15 is 0 Å². The molecule has 0 bridgehead atoms. The van der Waals surface area contributed by atoms with Crippen LogP contribution in [-0.4, -0.2) is 44.5 Å². The molecule has 0 aliphatic carbocycles. The normalized spacial score (nSPS) is 16.9. The summed E-state index contributed by atoms with van der Waals surface area (Å²) in [5.74, 6) is 0.585. The Kier molecular flexibility index (Phi) is 5.75. The standard InChI is InChI=1S/C25H26N6O/c1-17-13-18(2)29-25(28-17)30-20-7-8-23(27-14-20)24-16-31(11-12-32-24)15-19-9-10-26-22-6-4-3-5-21(19)22/h3-10,13-14,24H,11-12,15-16H2,1-2H3,(H,28,29,30)/t24-/m0/s1. The molecule has 7 heteroatoms. The van der Waals surface area contributed by atoms with Gasteiger partial charge in [-0.3, -0.25) is 14.9 Å². The predicted octanol–water partition coefficient (Wildman–Crippen LogP) is 4.35. The van der Waals surface area contributed by atoms with Crippen molar-refractivity contribution in [2.45, 2.75) is 26.5 Å². The van der Waals surface area contributed by atoms with Crippen LogP contribution in [0.4, 0.5) is 11.6 Å². The van der Waals surface area contributed by atoms with Gasteiger partial charge in [0.15, 0.2) is 0 Å². The SMILES string of the molecule is Cc1cc(C)nc(Nc2ccc([C@@H]3CN(Cc4ccnc5ccccc45)CCO3)nc2)n1. The molecule has 0 unspecified atom stereocenters. The van der Waals surface area contributed by atoms with E-state index in [0.717, 1.165) is 47.9 Å². The average Bonchev–Trinajstić information content (AvgIpc) is 2.79. The monoisotopic (exact) mass is 426 g/mol. The highest BCUT2D eigenvalue weighted by Gasteiger charge is 2.23. The molecule has 0 radical (unpaired) electrons. The minimum atomic E-state index is -0.0524. The summed E-state index contributed by atoms with van der Waals surface area (Å²) >= 11 is 0. The van der Waals surface area contributed by atoms with Gasteiger partial charge in [0.2, 0.25) is 5.95 Å². The molecular formula is C25H26N6O. The third-order valence-electron chi connectivity index (χ3n) is 5.64. The number of fused-ring (bicyclic) bond motifs is 1. The first-order valence-corrected chi connectivity index (χ1v) is 10.9. The van der Waals surface area contributed by atoms with Gasteiger partial charge in [0.25, 0.3) is 0 Å². The molecule has 1 atom stereocenters. The number of para-hydroxylation sites is 1. The molecule has 1 saturated heterocycles. The van der Waals surface area contributed by atoms with Crippen LogP contribution in [0.15, 0.2) is 60.9 Å². The number of aryl methyl sites for hydroxylation is 2. The lowest BCUT2D eigenvalue weighted by molar-refractivity contribution is -0.0348. The summed E-state index contributed by atoms with van der Waals surface area (Å²) in [5.41, 5.74) is 5.98. The molecule has 1 aliphatic rings. The van der Waals surface area contributed by atoms with Gasteiger partial charge < -0.3 is 10.1 Å². The lowest BCUT2D eigenvalue weighted by atomic mass is 10.1. The first-order chi connectivity index (χ1) is 15.6. The Balaban J connectivity index is 1.27. The minimum absolute atomic E-state index is 0.0524. The summed E-state index contributed by atoms with van der Waals surface area (Å²) in [6, 6.07) is 16.4. The quantitative estimate of drug-likeness (QED) is 0.508. The van der Waals surface area contributed by atoms with E-state index in [1.807, 2.05) is 50.5 Å². The number of nitrogens with one attached hydrogen (secondary N) is 1. The number of morpholine rings is 1. The van der Waals surface area contributed by atoms with Crippen molar-refractivity contribution in [3.05, 3.63) is 83.6 Å². The molecule has 1 N–H and O–H groups in total. The van der Waals surface area contributed by atoms with Gasteiger partial charge in [-0.15, -0.1) is 0 Å². The number of pyridine rings is 2. The molecule has 4 heterocycles. The summed E-state index contributed by atoms with van der Waals surface area (Å²) < 4.78 is 6.05. The third kappa shape index (κ3) is 4.59. The van der Waals surface area contributed by atoms with E-state index in [4.69, 9.17) is 4.74 Å². The molecule has 1 fully saturated rings. The number of hydrogen-bond donors (Lipinski definition) is 1. The van der Waals surface area contributed by atoms with Crippen molar-refractivity contribution in [1.82, 2.24) is 24.8 Å². The first-order valence-electron chi connectivity index (χ1n) is 10.9. The summed E-state index contributed by atoms with van der Waals surface area (Å²) in [5, 5.41) is 4.44. The lowest BCUT2D eigenvalue weighted by Gasteiger charge is -2.32. The Labute approximate surface area is 187 Å². The van der Waals surface area contributed by atoms with E-state index in [1.54, 1.807) is 0 Å². The van der Waals surface area contributed by atoms with Crippen LogP contribution < -0.4 is 5.32 Å². The van der Waals surface area contributed by atoms with Crippen LogP contribution in [0.3, 0.4) is 0 Å². The van der Waals surface area contributed by atoms with Gasteiger partial charge in [-0.1, -0.05) is 18.2 Å². The molecule has 1 aromatic carbocycles. The maximum Gasteiger partial charge on any atom is 0.227 e. The fourth-order valence-corrected chi connectivity index (χ4v) is 4.14. The number of nitrogens with zero attached hydrogens (tertiary/aromatic N) is 5. The Morgan fingerprint density at radius 3 is 2.69 bits per heavy atom. The largest absolute Gasteiger partial charge is 0.369 e. The second-order valence-electron chi connectivity index (χ2n) is 8.15. The van der Waals surface area contributed by atoms with E-state index < -0.39 is 0 Å². The maximum absolute atomic E-state index is 6.05. The minimum Gasteiger partial charge on any atom is -0.369 e. The Morgan fingerprint density at radius 1 is 1.03 bits per heavy atom. The molecule has 0 saturated carbocycles. The molecule has 3 aromatic heterocycles. The number of ether oxygens (including phenoxy) is 1. The second kappa shape index (κ2) is 8.98. The highest BCUT2D eigenvalue weighted by atomic mass is 16.5. The van der Waals surface area contributed by atoms with Crippen molar-refractivity contribution >= 4 is 22.5 Å². The maximum atomic E-state index is 6.05. The molecular weight excluding hydrogens is 400 g/mol. The van der Waals surface area contributed by atoms with Crippen LogP contribution in [0, 0.1) is 13.8 Å². The van der Waals surface area contributed by atoms with Crippen LogP contribution in [0.25, 0.3) is 10.9 Å². The van der Waals surface area contributed by atoms with Crippen LogP contribution in [0.1, 0.15) is 28.7 Å². The van der Waals surface area contributed by atoms with Gasteiger partial charge in [-0.2, -0.15) is 0 Å². The molecule has 4 aromatic rings. The van der Waals surface area contributed by atoms with Gasteiger partial charge in [0.05, 0.1) is 29.7 Å². The zero-order valence-electron chi connectivity index (χ0n) is 18.3. The fourth-order valence-electron chi connectivity index (χ4n) is 4.14. The van der Waals surface area contributed by atoms with Crippen molar-refractivity contribution in [3.8, 4) is 0 Å². The topological polar surface area (TPSA) is 76.1 Å². The van der Waals surface area contributed by atoms with Crippen LogP contribution in [-0.2, 0) is 11.3 Å². The molecule has 5 rings (SSSR count). The Hall–Kier alpha value is -3.42. The van der Waals surface area contributed by atoms with Crippen LogP contribution >= 0.6 is 0 Å². The fraction of sp³-hybridized carbons (Fsp3) is 0.280. The summed E-state index contributed by atoms with van der Waals surface area (Å²) in [6.45, 7) is 7.18. The molecule has 0 spiro atoms. The highest BCUT2D eigenvalue weighted by Crippen LogP contribution is 2.25. The number of hydrogen-bond acceptors (Lipinski definition) is 7. The second-order valence-corrected chi connectivity index (χ2v) is 8.15. The molecule has 7 nitrogen and oxygen atoms in total. The molecule has 32 heavy (non-hydrogen) atoms. The first kappa shape index (κ1) is 20.5.